The molecule has 2 rings (SSSR count). The fourth-order valence-corrected chi connectivity index (χ4v) is 3.63. The quantitative estimate of drug-likeness (QED) is 0.827. The Balaban J connectivity index is 2.60. The second-order valence-corrected chi connectivity index (χ2v) is 6.35. The van der Waals surface area contributed by atoms with Gasteiger partial charge in [0.05, 0.1) is 20.3 Å². The molecule has 18 heavy (non-hydrogen) atoms. The Kier molecular flexibility index (Phi) is 2.95. The van der Waals surface area contributed by atoms with Gasteiger partial charge in [-0.1, -0.05) is 0 Å². The van der Waals surface area contributed by atoms with Crippen molar-refractivity contribution in [1.29, 1.82) is 5.26 Å². The van der Waals surface area contributed by atoms with Crippen LogP contribution in [-0.4, -0.2) is 27.4 Å². The SMILES string of the molecule is COc1ccc(OC)c(S(=O)(=O)C2(C#N)CC2)c1. The number of hydrogen-bond acceptors (Lipinski definition) is 5. The lowest BCUT2D eigenvalue weighted by Crippen LogP contribution is -2.21. The molecule has 1 aromatic carbocycles. The van der Waals surface area contributed by atoms with E-state index in [0.29, 0.717) is 18.6 Å². The van der Waals surface area contributed by atoms with Crippen LogP contribution in [0.2, 0.25) is 0 Å². The van der Waals surface area contributed by atoms with Crippen molar-refractivity contribution in [2.75, 3.05) is 14.2 Å². The maximum atomic E-state index is 12.4. The van der Waals surface area contributed by atoms with Gasteiger partial charge >= 0.3 is 0 Å². The van der Waals surface area contributed by atoms with Gasteiger partial charge in [0, 0.05) is 6.07 Å². The highest BCUT2D eigenvalue weighted by Gasteiger charge is 2.56. The van der Waals surface area contributed by atoms with E-state index in [-0.39, 0.29) is 10.6 Å². The predicted molar refractivity (Wildman–Crippen MR) is 64.3 cm³/mol. The van der Waals surface area contributed by atoms with Gasteiger partial charge in [-0.3, -0.25) is 0 Å². The number of nitrogens with zero attached hydrogens (tertiary/aromatic N) is 1. The van der Waals surface area contributed by atoms with E-state index in [4.69, 9.17) is 14.7 Å². The molecule has 1 aliphatic carbocycles. The van der Waals surface area contributed by atoms with Crippen LogP contribution < -0.4 is 9.47 Å². The highest BCUT2D eigenvalue weighted by molar-refractivity contribution is 7.93. The normalized spacial score (nSPS) is 16.7. The predicted octanol–water partition coefficient (Wildman–Crippen LogP) is 1.53. The number of nitriles is 1. The van der Waals surface area contributed by atoms with Crippen molar-refractivity contribution in [2.24, 2.45) is 0 Å². The van der Waals surface area contributed by atoms with Crippen molar-refractivity contribution in [2.45, 2.75) is 22.5 Å². The van der Waals surface area contributed by atoms with E-state index in [1.807, 2.05) is 6.07 Å². The average Bonchev–Trinajstić information content (AvgIpc) is 3.19. The molecule has 0 heterocycles. The molecule has 1 saturated carbocycles. The number of benzene rings is 1. The molecule has 6 heteroatoms. The van der Waals surface area contributed by atoms with Crippen LogP contribution in [0.1, 0.15) is 12.8 Å². The van der Waals surface area contributed by atoms with Gasteiger partial charge in [0.15, 0.2) is 4.75 Å². The molecule has 0 aliphatic heterocycles. The third-order valence-electron chi connectivity index (χ3n) is 3.08. The van der Waals surface area contributed by atoms with E-state index in [1.54, 1.807) is 6.07 Å². The number of sulfone groups is 1. The number of hydrogen-bond donors (Lipinski definition) is 0. The first-order valence-electron chi connectivity index (χ1n) is 5.39. The van der Waals surface area contributed by atoms with Crippen LogP contribution in [-0.2, 0) is 9.84 Å². The summed E-state index contributed by atoms with van der Waals surface area (Å²) in [5, 5.41) is 9.04. The van der Waals surface area contributed by atoms with Gasteiger partial charge in [0.25, 0.3) is 0 Å². The summed E-state index contributed by atoms with van der Waals surface area (Å²) < 4.78 is 33.7. The van der Waals surface area contributed by atoms with Gasteiger partial charge in [-0.15, -0.1) is 0 Å². The zero-order valence-corrected chi connectivity index (χ0v) is 11.0. The first-order chi connectivity index (χ1) is 8.50. The fraction of sp³-hybridized carbons (Fsp3) is 0.417. The molecule has 0 aromatic heterocycles. The summed E-state index contributed by atoms with van der Waals surface area (Å²) >= 11 is 0. The summed E-state index contributed by atoms with van der Waals surface area (Å²) in [5.74, 6) is 0.653. The Labute approximate surface area is 106 Å². The molecule has 5 nitrogen and oxygen atoms in total. The average molecular weight is 267 g/mol. The summed E-state index contributed by atoms with van der Waals surface area (Å²) in [7, 11) is -0.870. The molecule has 0 N–H and O–H groups in total. The van der Waals surface area contributed by atoms with Gasteiger partial charge in [-0.25, -0.2) is 8.42 Å². The van der Waals surface area contributed by atoms with Crippen LogP contribution >= 0.6 is 0 Å². The summed E-state index contributed by atoms with van der Waals surface area (Å²) in [5.41, 5.74) is 0. The first-order valence-corrected chi connectivity index (χ1v) is 6.87. The van der Waals surface area contributed by atoms with Gasteiger partial charge in [0.1, 0.15) is 16.4 Å². The highest BCUT2D eigenvalue weighted by atomic mass is 32.2. The van der Waals surface area contributed by atoms with Crippen molar-refractivity contribution in [1.82, 2.24) is 0 Å². The summed E-state index contributed by atoms with van der Waals surface area (Å²) in [4.78, 5) is 0.0170. The summed E-state index contributed by atoms with van der Waals surface area (Å²) in [6, 6.07) is 6.43. The molecule has 0 saturated heterocycles. The minimum absolute atomic E-state index is 0.0170. The maximum absolute atomic E-state index is 12.4. The summed E-state index contributed by atoms with van der Waals surface area (Å²) in [6.45, 7) is 0. The molecule has 1 aromatic rings. The Morgan fingerprint density at radius 1 is 1.28 bits per heavy atom. The van der Waals surface area contributed by atoms with Gasteiger partial charge < -0.3 is 9.47 Å². The Bertz CT molecular complexity index is 611. The lowest BCUT2D eigenvalue weighted by atomic mass is 10.3. The number of methoxy groups -OCH3 is 2. The number of rotatable bonds is 4. The van der Waals surface area contributed by atoms with Crippen molar-refractivity contribution in [3.05, 3.63) is 18.2 Å². The molecule has 0 spiro atoms. The molecule has 1 fully saturated rings. The zero-order valence-electron chi connectivity index (χ0n) is 10.1. The fourth-order valence-electron chi connectivity index (χ4n) is 1.76. The van der Waals surface area contributed by atoms with Gasteiger partial charge in [-0.2, -0.15) is 5.26 Å². The van der Waals surface area contributed by atoms with Crippen LogP contribution in [0.25, 0.3) is 0 Å². The Morgan fingerprint density at radius 2 is 1.94 bits per heavy atom. The molecular weight excluding hydrogens is 254 g/mol. The second kappa shape index (κ2) is 4.18. The first kappa shape index (κ1) is 12.7. The van der Waals surface area contributed by atoms with Crippen molar-refractivity contribution < 1.29 is 17.9 Å². The lowest BCUT2D eigenvalue weighted by molar-refractivity contribution is 0.392. The van der Waals surface area contributed by atoms with Gasteiger partial charge in [0.2, 0.25) is 9.84 Å². The maximum Gasteiger partial charge on any atom is 0.201 e. The van der Waals surface area contributed by atoms with Crippen molar-refractivity contribution >= 4 is 9.84 Å². The van der Waals surface area contributed by atoms with E-state index in [0.717, 1.165) is 0 Å². The summed E-state index contributed by atoms with van der Waals surface area (Å²) in [6.07, 6.45) is 0.735. The molecule has 0 bridgehead atoms. The second-order valence-electron chi connectivity index (χ2n) is 4.13. The molecule has 0 amide bonds. The van der Waals surface area contributed by atoms with E-state index in [1.165, 1.54) is 26.4 Å². The van der Waals surface area contributed by atoms with Gasteiger partial charge in [-0.05, 0) is 25.0 Å². The molecule has 96 valence electrons. The van der Waals surface area contributed by atoms with Crippen LogP contribution in [0.4, 0.5) is 0 Å². The monoisotopic (exact) mass is 267 g/mol. The van der Waals surface area contributed by atoms with E-state index in [2.05, 4.69) is 0 Å². The standard InChI is InChI=1S/C12H13NO4S/c1-16-9-3-4-10(17-2)11(7-9)18(14,15)12(8-13)5-6-12/h3-4,7H,5-6H2,1-2H3. The van der Waals surface area contributed by atoms with Crippen LogP contribution in [0, 0.1) is 11.3 Å². The molecular formula is C12H13NO4S. The smallest absolute Gasteiger partial charge is 0.201 e. The van der Waals surface area contributed by atoms with Crippen molar-refractivity contribution in [3.63, 3.8) is 0 Å². The van der Waals surface area contributed by atoms with E-state index < -0.39 is 14.6 Å². The topological polar surface area (TPSA) is 76.4 Å². The minimum Gasteiger partial charge on any atom is -0.497 e. The molecule has 0 unspecified atom stereocenters. The third-order valence-corrected chi connectivity index (χ3v) is 5.51. The minimum atomic E-state index is -3.72. The Morgan fingerprint density at radius 3 is 2.39 bits per heavy atom. The third kappa shape index (κ3) is 1.71. The van der Waals surface area contributed by atoms with Crippen LogP contribution in [0.3, 0.4) is 0 Å². The largest absolute Gasteiger partial charge is 0.497 e. The van der Waals surface area contributed by atoms with E-state index in [9.17, 15) is 8.42 Å². The molecule has 0 radical (unpaired) electrons. The lowest BCUT2D eigenvalue weighted by Gasteiger charge is -2.13. The Hall–Kier alpha value is -1.74. The van der Waals surface area contributed by atoms with Crippen LogP contribution in [0.5, 0.6) is 11.5 Å². The van der Waals surface area contributed by atoms with Crippen molar-refractivity contribution in [3.8, 4) is 17.6 Å². The molecule has 0 atom stereocenters. The zero-order chi connectivity index (χ0) is 13.4. The van der Waals surface area contributed by atoms with Crippen LogP contribution in [0.15, 0.2) is 23.1 Å². The molecule has 1 aliphatic rings. The highest BCUT2D eigenvalue weighted by Crippen LogP contribution is 2.48. The number of ether oxygens (including phenoxy) is 2. The van der Waals surface area contributed by atoms with E-state index >= 15 is 0 Å².